The van der Waals surface area contributed by atoms with Crippen LogP contribution in [0.1, 0.15) is 5.69 Å². The van der Waals surface area contributed by atoms with E-state index in [-0.39, 0.29) is 0 Å². The molecule has 0 saturated heterocycles. The first-order chi connectivity index (χ1) is 8.83. The Hall–Kier alpha value is -2.14. The first kappa shape index (κ1) is 12.3. The minimum absolute atomic E-state index is 0.444. The Kier molecular flexibility index (Phi) is 4.09. The molecule has 1 aromatic heterocycles. The lowest BCUT2D eigenvalue weighted by Crippen LogP contribution is -2.07. The number of nitrogens with one attached hydrogen (secondary N) is 1. The molecule has 0 bridgehead atoms. The van der Waals surface area contributed by atoms with Crippen molar-refractivity contribution in [1.29, 1.82) is 0 Å². The van der Waals surface area contributed by atoms with Crippen LogP contribution in [-0.2, 0) is 6.54 Å². The molecule has 1 heterocycles. The first-order valence-corrected chi connectivity index (χ1v) is 5.60. The van der Waals surface area contributed by atoms with Gasteiger partial charge in [0.05, 0.1) is 25.2 Å². The van der Waals surface area contributed by atoms with E-state index in [9.17, 15) is 0 Å². The van der Waals surface area contributed by atoms with Gasteiger partial charge in [0.1, 0.15) is 0 Å². The molecule has 2 rings (SSSR count). The lowest BCUT2D eigenvalue weighted by molar-refractivity contribution is 0.373. The van der Waals surface area contributed by atoms with Crippen LogP contribution in [0.5, 0.6) is 17.4 Å². The van der Waals surface area contributed by atoms with E-state index in [0.29, 0.717) is 23.9 Å². The Morgan fingerprint density at radius 2 is 1.89 bits per heavy atom. The van der Waals surface area contributed by atoms with E-state index >= 15 is 0 Å². The highest BCUT2D eigenvalue weighted by molar-refractivity contribution is 5.41. The zero-order chi connectivity index (χ0) is 12.8. The van der Waals surface area contributed by atoms with Crippen molar-refractivity contribution in [3.8, 4) is 17.4 Å². The predicted molar refractivity (Wildman–Crippen MR) is 67.9 cm³/mol. The second kappa shape index (κ2) is 5.97. The maximum atomic E-state index is 5.61. The third-order valence-corrected chi connectivity index (χ3v) is 2.32. The van der Waals surface area contributed by atoms with E-state index < -0.39 is 0 Å². The predicted octanol–water partition coefficient (Wildman–Crippen LogP) is 2.00. The molecule has 0 fully saturated rings. The Bertz CT molecular complexity index is 500. The second-order valence-corrected chi connectivity index (χ2v) is 3.63. The van der Waals surface area contributed by atoms with Crippen LogP contribution in [0.15, 0.2) is 36.7 Å². The van der Waals surface area contributed by atoms with Gasteiger partial charge in [-0.05, 0) is 19.2 Å². The Morgan fingerprint density at radius 3 is 2.50 bits per heavy atom. The minimum atomic E-state index is 0.444. The standard InChI is InChI=1S/C13H15N3O2/c1-14-7-10-8-16-13(9-15-10)18-12-6-4-3-5-11(12)17-2/h3-6,8-9,14H,7H2,1-2H3. The summed E-state index contributed by atoms with van der Waals surface area (Å²) in [7, 11) is 3.46. The quantitative estimate of drug-likeness (QED) is 0.873. The molecule has 5 nitrogen and oxygen atoms in total. The number of rotatable bonds is 5. The van der Waals surface area contributed by atoms with Gasteiger partial charge in [-0.1, -0.05) is 12.1 Å². The van der Waals surface area contributed by atoms with E-state index in [4.69, 9.17) is 9.47 Å². The number of ether oxygens (including phenoxy) is 2. The van der Waals surface area contributed by atoms with Gasteiger partial charge in [-0.15, -0.1) is 0 Å². The summed E-state index contributed by atoms with van der Waals surface area (Å²) in [5.74, 6) is 1.73. The molecule has 0 atom stereocenters. The summed E-state index contributed by atoms with van der Waals surface area (Å²) < 4.78 is 10.8. The molecule has 0 unspecified atom stereocenters. The van der Waals surface area contributed by atoms with Crippen LogP contribution in [-0.4, -0.2) is 24.1 Å². The average molecular weight is 245 g/mol. The molecule has 18 heavy (non-hydrogen) atoms. The van der Waals surface area contributed by atoms with Crippen LogP contribution in [0.4, 0.5) is 0 Å². The van der Waals surface area contributed by atoms with Gasteiger partial charge in [-0.2, -0.15) is 0 Å². The number of para-hydroxylation sites is 2. The highest BCUT2D eigenvalue weighted by Crippen LogP contribution is 2.29. The molecule has 1 aromatic carbocycles. The molecule has 0 radical (unpaired) electrons. The molecule has 0 saturated carbocycles. The van der Waals surface area contributed by atoms with Gasteiger partial charge in [-0.3, -0.25) is 4.98 Å². The lowest BCUT2D eigenvalue weighted by atomic mass is 10.3. The fourth-order valence-corrected chi connectivity index (χ4v) is 1.48. The molecular formula is C13H15N3O2. The maximum Gasteiger partial charge on any atom is 0.238 e. The van der Waals surface area contributed by atoms with E-state index in [0.717, 1.165) is 5.69 Å². The highest BCUT2D eigenvalue weighted by atomic mass is 16.5. The third-order valence-electron chi connectivity index (χ3n) is 2.32. The van der Waals surface area contributed by atoms with Crippen molar-refractivity contribution >= 4 is 0 Å². The fourth-order valence-electron chi connectivity index (χ4n) is 1.48. The number of nitrogens with zero attached hydrogens (tertiary/aromatic N) is 2. The summed E-state index contributed by atoms with van der Waals surface area (Å²) in [4.78, 5) is 8.42. The van der Waals surface area contributed by atoms with Crippen LogP contribution in [0.25, 0.3) is 0 Å². The van der Waals surface area contributed by atoms with Gasteiger partial charge < -0.3 is 14.8 Å². The number of hydrogen-bond acceptors (Lipinski definition) is 5. The largest absolute Gasteiger partial charge is 0.493 e. The van der Waals surface area contributed by atoms with Crippen molar-refractivity contribution in [2.24, 2.45) is 0 Å². The van der Waals surface area contributed by atoms with Gasteiger partial charge >= 0.3 is 0 Å². The summed E-state index contributed by atoms with van der Waals surface area (Å²) in [5, 5.41) is 3.01. The summed E-state index contributed by atoms with van der Waals surface area (Å²) in [6, 6.07) is 7.41. The smallest absolute Gasteiger partial charge is 0.238 e. The topological polar surface area (TPSA) is 56.3 Å². The molecular weight excluding hydrogens is 230 g/mol. The Balaban J connectivity index is 2.13. The van der Waals surface area contributed by atoms with Gasteiger partial charge in [0.25, 0.3) is 0 Å². The molecule has 5 heteroatoms. The van der Waals surface area contributed by atoms with Crippen LogP contribution < -0.4 is 14.8 Å². The number of hydrogen-bond donors (Lipinski definition) is 1. The third kappa shape index (κ3) is 2.95. The van der Waals surface area contributed by atoms with Gasteiger partial charge in [-0.25, -0.2) is 4.98 Å². The molecule has 0 spiro atoms. The van der Waals surface area contributed by atoms with Crippen molar-refractivity contribution in [3.05, 3.63) is 42.4 Å². The van der Waals surface area contributed by atoms with Crippen LogP contribution in [0, 0.1) is 0 Å². The molecule has 0 amide bonds. The van der Waals surface area contributed by atoms with Crippen molar-refractivity contribution in [2.45, 2.75) is 6.54 Å². The van der Waals surface area contributed by atoms with Gasteiger partial charge in [0.15, 0.2) is 11.5 Å². The molecule has 2 aromatic rings. The summed E-state index contributed by atoms with van der Waals surface area (Å²) in [6.45, 7) is 0.682. The van der Waals surface area contributed by atoms with Crippen molar-refractivity contribution in [1.82, 2.24) is 15.3 Å². The van der Waals surface area contributed by atoms with E-state index in [1.54, 1.807) is 19.5 Å². The van der Waals surface area contributed by atoms with E-state index in [2.05, 4.69) is 15.3 Å². The van der Waals surface area contributed by atoms with Gasteiger partial charge in [0, 0.05) is 6.54 Å². The number of benzene rings is 1. The molecule has 0 aliphatic carbocycles. The van der Waals surface area contributed by atoms with E-state index in [1.807, 2.05) is 31.3 Å². The minimum Gasteiger partial charge on any atom is -0.493 e. The zero-order valence-corrected chi connectivity index (χ0v) is 10.4. The molecule has 94 valence electrons. The number of methoxy groups -OCH3 is 1. The average Bonchev–Trinajstić information content (AvgIpc) is 2.42. The Labute approximate surface area is 106 Å². The van der Waals surface area contributed by atoms with Crippen molar-refractivity contribution in [3.63, 3.8) is 0 Å². The van der Waals surface area contributed by atoms with Crippen LogP contribution >= 0.6 is 0 Å². The summed E-state index contributed by atoms with van der Waals surface area (Å²) in [5.41, 5.74) is 0.866. The maximum absolute atomic E-state index is 5.61. The molecule has 1 N–H and O–H groups in total. The summed E-state index contributed by atoms with van der Waals surface area (Å²) >= 11 is 0. The molecule has 0 aliphatic heterocycles. The fraction of sp³-hybridized carbons (Fsp3) is 0.231. The number of aromatic nitrogens is 2. The van der Waals surface area contributed by atoms with Crippen LogP contribution in [0.3, 0.4) is 0 Å². The summed E-state index contributed by atoms with van der Waals surface area (Å²) in [6.07, 6.45) is 3.28. The highest BCUT2D eigenvalue weighted by Gasteiger charge is 2.05. The van der Waals surface area contributed by atoms with E-state index in [1.165, 1.54) is 0 Å². The second-order valence-electron chi connectivity index (χ2n) is 3.63. The Morgan fingerprint density at radius 1 is 1.11 bits per heavy atom. The van der Waals surface area contributed by atoms with Crippen LogP contribution in [0.2, 0.25) is 0 Å². The molecule has 0 aliphatic rings. The zero-order valence-electron chi connectivity index (χ0n) is 10.4. The van der Waals surface area contributed by atoms with Gasteiger partial charge in [0.2, 0.25) is 5.88 Å². The lowest BCUT2D eigenvalue weighted by Gasteiger charge is -2.08. The normalized spacial score (nSPS) is 10.1. The van der Waals surface area contributed by atoms with Crippen molar-refractivity contribution < 1.29 is 9.47 Å². The first-order valence-electron chi connectivity index (χ1n) is 5.60. The van der Waals surface area contributed by atoms with Crippen molar-refractivity contribution in [2.75, 3.05) is 14.2 Å². The monoisotopic (exact) mass is 245 g/mol. The SMILES string of the molecule is CNCc1cnc(Oc2ccccc2OC)cn1.